The van der Waals surface area contributed by atoms with E-state index in [1.165, 1.54) is 0 Å². The van der Waals surface area contributed by atoms with Crippen LogP contribution in [0.3, 0.4) is 0 Å². The molecule has 1 aliphatic heterocycles. The van der Waals surface area contributed by atoms with E-state index in [9.17, 15) is 14.7 Å². The second kappa shape index (κ2) is 5.80. The quantitative estimate of drug-likeness (QED) is 0.617. The SMILES string of the molecule is CC[C@@H](C(=O)[O-])N1C(=O)/C(=C\c2ccc(C)o2)SC1=S. The van der Waals surface area contributed by atoms with Crippen molar-refractivity contribution in [1.82, 2.24) is 4.90 Å². The fourth-order valence-corrected chi connectivity index (χ4v) is 3.20. The lowest BCUT2D eigenvalue weighted by Crippen LogP contribution is -2.49. The number of aryl methyl sites for hydroxylation is 1. The number of carbonyl (C=O) groups excluding carboxylic acids is 2. The number of carboxylic acid groups (broad SMARTS) is 1. The van der Waals surface area contributed by atoms with Crippen LogP contribution in [-0.4, -0.2) is 27.1 Å². The molecule has 0 unspecified atom stereocenters. The molecule has 0 N–H and O–H groups in total. The summed E-state index contributed by atoms with van der Waals surface area (Å²) in [7, 11) is 0. The third-order valence-corrected chi connectivity index (χ3v) is 4.16. The highest BCUT2D eigenvalue weighted by Crippen LogP contribution is 2.34. The minimum absolute atomic E-state index is 0.223. The second-order valence-corrected chi connectivity index (χ2v) is 5.92. The molecule has 20 heavy (non-hydrogen) atoms. The van der Waals surface area contributed by atoms with E-state index in [0.717, 1.165) is 22.4 Å². The maximum Gasteiger partial charge on any atom is 0.266 e. The van der Waals surface area contributed by atoms with Crippen molar-refractivity contribution in [2.75, 3.05) is 0 Å². The van der Waals surface area contributed by atoms with Crippen LogP contribution in [0.15, 0.2) is 21.5 Å². The molecule has 1 aromatic heterocycles. The number of furan rings is 1. The Morgan fingerprint density at radius 2 is 2.30 bits per heavy atom. The zero-order valence-corrected chi connectivity index (χ0v) is 12.5. The molecule has 0 radical (unpaired) electrons. The van der Waals surface area contributed by atoms with Gasteiger partial charge in [-0.15, -0.1) is 0 Å². The van der Waals surface area contributed by atoms with E-state index in [1.807, 2.05) is 0 Å². The van der Waals surface area contributed by atoms with Gasteiger partial charge in [-0.2, -0.15) is 0 Å². The zero-order valence-electron chi connectivity index (χ0n) is 10.9. The molecule has 1 amide bonds. The molecule has 1 fully saturated rings. The summed E-state index contributed by atoms with van der Waals surface area (Å²) in [6.45, 7) is 3.46. The lowest BCUT2D eigenvalue weighted by atomic mass is 10.2. The monoisotopic (exact) mass is 310 g/mol. The molecule has 0 bridgehead atoms. The van der Waals surface area contributed by atoms with E-state index in [2.05, 4.69) is 0 Å². The molecular weight excluding hydrogens is 298 g/mol. The average Bonchev–Trinajstić information content (AvgIpc) is 2.89. The Hall–Kier alpha value is -1.60. The molecule has 1 aliphatic rings. The number of thioether (sulfide) groups is 1. The summed E-state index contributed by atoms with van der Waals surface area (Å²) in [5.74, 6) is -0.471. The minimum Gasteiger partial charge on any atom is -0.548 e. The molecule has 0 spiro atoms. The van der Waals surface area contributed by atoms with Crippen molar-refractivity contribution in [2.45, 2.75) is 26.3 Å². The predicted molar refractivity (Wildman–Crippen MR) is 77.5 cm³/mol. The molecule has 2 heterocycles. The molecule has 106 valence electrons. The van der Waals surface area contributed by atoms with Crippen LogP contribution in [0.25, 0.3) is 6.08 Å². The molecule has 0 aromatic carbocycles. The van der Waals surface area contributed by atoms with Crippen molar-refractivity contribution >= 4 is 46.3 Å². The number of aliphatic carboxylic acids is 1. The third kappa shape index (κ3) is 2.78. The van der Waals surface area contributed by atoms with Gasteiger partial charge < -0.3 is 14.3 Å². The highest BCUT2D eigenvalue weighted by Gasteiger charge is 2.37. The zero-order chi connectivity index (χ0) is 14.9. The predicted octanol–water partition coefficient (Wildman–Crippen LogP) is 1.32. The van der Waals surface area contributed by atoms with Crippen LogP contribution in [0.4, 0.5) is 0 Å². The number of carbonyl (C=O) groups is 2. The fraction of sp³-hybridized carbons (Fsp3) is 0.308. The number of hydrogen-bond acceptors (Lipinski definition) is 6. The lowest BCUT2D eigenvalue weighted by Gasteiger charge is -2.26. The first-order valence-corrected chi connectivity index (χ1v) is 7.21. The van der Waals surface area contributed by atoms with Gasteiger partial charge in [0.15, 0.2) is 0 Å². The van der Waals surface area contributed by atoms with Crippen LogP contribution < -0.4 is 5.11 Å². The van der Waals surface area contributed by atoms with Gasteiger partial charge in [0.1, 0.15) is 15.8 Å². The van der Waals surface area contributed by atoms with Crippen molar-refractivity contribution in [3.8, 4) is 0 Å². The average molecular weight is 310 g/mol. The first-order valence-electron chi connectivity index (χ1n) is 5.98. The Kier molecular flexibility index (Phi) is 4.29. The van der Waals surface area contributed by atoms with Crippen molar-refractivity contribution in [2.24, 2.45) is 0 Å². The maximum absolute atomic E-state index is 12.2. The van der Waals surface area contributed by atoms with Gasteiger partial charge in [0.05, 0.1) is 16.9 Å². The van der Waals surface area contributed by atoms with E-state index in [1.54, 1.807) is 32.1 Å². The first kappa shape index (κ1) is 14.8. The van der Waals surface area contributed by atoms with E-state index in [0.29, 0.717) is 10.7 Å². The summed E-state index contributed by atoms with van der Waals surface area (Å²) < 4.78 is 5.59. The molecule has 0 saturated carbocycles. The minimum atomic E-state index is -1.31. The van der Waals surface area contributed by atoms with Gasteiger partial charge in [-0.05, 0) is 25.5 Å². The summed E-state index contributed by atoms with van der Waals surface area (Å²) in [4.78, 5) is 24.8. The maximum atomic E-state index is 12.2. The molecule has 1 atom stereocenters. The van der Waals surface area contributed by atoms with Gasteiger partial charge >= 0.3 is 0 Å². The Morgan fingerprint density at radius 1 is 1.60 bits per heavy atom. The van der Waals surface area contributed by atoms with Crippen molar-refractivity contribution in [3.05, 3.63) is 28.6 Å². The summed E-state index contributed by atoms with van der Waals surface area (Å²) in [6, 6.07) is 2.48. The Bertz CT molecular complexity index is 605. The van der Waals surface area contributed by atoms with Crippen LogP contribution in [0.5, 0.6) is 0 Å². The molecule has 7 heteroatoms. The van der Waals surface area contributed by atoms with Gasteiger partial charge in [0, 0.05) is 6.08 Å². The molecular formula is C13H12NO4S2-. The summed E-state index contributed by atoms with van der Waals surface area (Å²) in [5.41, 5.74) is 0. The third-order valence-electron chi connectivity index (χ3n) is 2.83. The summed E-state index contributed by atoms with van der Waals surface area (Å²) >= 11 is 6.15. The van der Waals surface area contributed by atoms with Crippen LogP contribution in [0.1, 0.15) is 24.9 Å². The van der Waals surface area contributed by atoms with E-state index >= 15 is 0 Å². The van der Waals surface area contributed by atoms with Crippen LogP contribution in [0.2, 0.25) is 0 Å². The van der Waals surface area contributed by atoms with Crippen molar-refractivity contribution in [1.29, 1.82) is 0 Å². The largest absolute Gasteiger partial charge is 0.548 e. The Labute approximate surface area is 125 Å². The van der Waals surface area contributed by atoms with Crippen molar-refractivity contribution < 1.29 is 19.1 Å². The highest BCUT2D eigenvalue weighted by atomic mass is 32.2. The number of carboxylic acids is 1. The normalized spacial score (nSPS) is 18.9. The number of rotatable bonds is 4. The van der Waals surface area contributed by atoms with Crippen LogP contribution >= 0.6 is 24.0 Å². The summed E-state index contributed by atoms with van der Waals surface area (Å²) in [6.07, 6.45) is 1.80. The van der Waals surface area contributed by atoms with Crippen molar-refractivity contribution in [3.63, 3.8) is 0 Å². The standard InChI is InChI=1S/C13H13NO4S2/c1-3-9(12(16)17)14-11(15)10(20-13(14)19)6-8-5-4-7(2)18-8/h4-6,9H,3H2,1-2H3,(H,16,17)/p-1/b10-6+/t9-/m0/s1. The van der Waals surface area contributed by atoms with Crippen LogP contribution in [-0.2, 0) is 9.59 Å². The first-order chi connectivity index (χ1) is 9.43. The molecule has 2 rings (SSSR count). The molecule has 1 aromatic rings. The van der Waals surface area contributed by atoms with Gasteiger partial charge in [-0.25, -0.2) is 0 Å². The number of thiocarbonyl (C=S) groups is 1. The van der Waals surface area contributed by atoms with Crippen LogP contribution in [0, 0.1) is 6.92 Å². The molecule has 5 nitrogen and oxygen atoms in total. The van der Waals surface area contributed by atoms with Gasteiger partial charge in [0.25, 0.3) is 5.91 Å². The Balaban J connectivity index is 2.29. The summed E-state index contributed by atoms with van der Waals surface area (Å²) in [5, 5.41) is 11.1. The molecule has 0 aliphatic carbocycles. The highest BCUT2D eigenvalue weighted by molar-refractivity contribution is 8.26. The van der Waals surface area contributed by atoms with Gasteiger partial charge in [0.2, 0.25) is 0 Å². The molecule has 1 saturated heterocycles. The second-order valence-electron chi connectivity index (χ2n) is 4.24. The van der Waals surface area contributed by atoms with E-state index in [4.69, 9.17) is 16.6 Å². The van der Waals surface area contributed by atoms with E-state index in [-0.39, 0.29) is 10.7 Å². The smallest absolute Gasteiger partial charge is 0.266 e. The number of amides is 1. The van der Waals surface area contributed by atoms with E-state index < -0.39 is 17.9 Å². The van der Waals surface area contributed by atoms with Gasteiger partial charge in [-0.3, -0.25) is 9.69 Å². The van der Waals surface area contributed by atoms with Gasteiger partial charge in [-0.1, -0.05) is 30.9 Å². The fourth-order valence-electron chi connectivity index (χ4n) is 1.86. The topological polar surface area (TPSA) is 73.6 Å². The number of nitrogens with zero attached hydrogens (tertiary/aromatic N) is 1. The number of hydrogen-bond donors (Lipinski definition) is 0. The Morgan fingerprint density at radius 3 is 2.80 bits per heavy atom. The lowest BCUT2D eigenvalue weighted by molar-refractivity contribution is -0.310.